The van der Waals surface area contributed by atoms with Crippen LogP contribution in [-0.2, 0) is 6.54 Å². The van der Waals surface area contributed by atoms with Crippen molar-refractivity contribution in [2.45, 2.75) is 25.9 Å². The lowest BCUT2D eigenvalue weighted by atomic mass is 10.1. The van der Waals surface area contributed by atoms with Gasteiger partial charge < -0.3 is 5.32 Å². The Morgan fingerprint density at radius 3 is 3.05 bits per heavy atom. The first-order valence-electron chi connectivity index (χ1n) is 7.01. The Kier molecular flexibility index (Phi) is 3.95. The second-order valence-corrected chi connectivity index (χ2v) is 5.02. The van der Waals surface area contributed by atoms with Gasteiger partial charge in [0.05, 0.1) is 0 Å². The lowest BCUT2D eigenvalue weighted by Gasteiger charge is -2.15. The summed E-state index contributed by atoms with van der Waals surface area (Å²) in [6.45, 7) is 3.08. The van der Waals surface area contributed by atoms with Gasteiger partial charge in [-0.25, -0.2) is 4.98 Å². The van der Waals surface area contributed by atoms with Gasteiger partial charge in [0.15, 0.2) is 5.82 Å². The van der Waals surface area contributed by atoms with Crippen molar-refractivity contribution >= 4 is 5.69 Å². The molecule has 0 spiro atoms. The molecule has 6 heteroatoms. The normalized spacial score (nSPS) is 12.2. The van der Waals surface area contributed by atoms with Gasteiger partial charge in [0.1, 0.15) is 6.33 Å². The number of aromatic amines is 1. The van der Waals surface area contributed by atoms with Gasteiger partial charge >= 0.3 is 0 Å². The smallest absolute Gasteiger partial charge is 0.155 e. The summed E-state index contributed by atoms with van der Waals surface area (Å²) < 4.78 is 1.95. The first kappa shape index (κ1) is 13.4. The van der Waals surface area contributed by atoms with Crippen LogP contribution in [0.2, 0.25) is 0 Å². The number of benzene rings is 1. The molecule has 0 aliphatic rings. The number of aryl methyl sites for hydroxylation is 1. The molecule has 0 saturated carbocycles. The van der Waals surface area contributed by atoms with Gasteiger partial charge in [-0.05, 0) is 31.5 Å². The number of anilines is 1. The largest absolute Gasteiger partial charge is 0.383 e. The van der Waals surface area contributed by atoms with Crippen LogP contribution in [0, 0.1) is 0 Å². The fourth-order valence-electron chi connectivity index (χ4n) is 2.22. The van der Waals surface area contributed by atoms with E-state index in [-0.39, 0.29) is 0 Å². The summed E-state index contributed by atoms with van der Waals surface area (Å²) in [7, 11) is 0. The monoisotopic (exact) mass is 282 g/mol. The quantitative estimate of drug-likeness (QED) is 0.729. The molecule has 2 N–H and O–H groups in total. The molecule has 1 atom stereocenters. The first-order chi connectivity index (χ1) is 10.3. The molecule has 0 bridgehead atoms. The third kappa shape index (κ3) is 3.47. The minimum atomic E-state index is 0.360. The summed E-state index contributed by atoms with van der Waals surface area (Å²) in [5.74, 6) is 0.780. The van der Waals surface area contributed by atoms with E-state index in [0.717, 1.165) is 30.0 Å². The van der Waals surface area contributed by atoms with Gasteiger partial charge in [0.25, 0.3) is 0 Å². The van der Waals surface area contributed by atoms with E-state index in [2.05, 4.69) is 44.7 Å². The standard InChI is InChI=1S/C15H18N6/c1-12(6-9-21-8-3-7-18-21)19-14-5-2-4-13(10-14)15-16-11-17-20-15/h2-5,7-8,10-12,19H,6,9H2,1H3,(H,16,17,20)/t12-/m0/s1. The molecule has 6 nitrogen and oxygen atoms in total. The number of aromatic nitrogens is 5. The number of hydrogen-bond acceptors (Lipinski definition) is 4. The third-order valence-electron chi connectivity index (χ3n) is 3.31. The van der Waals surface area contributed by atoms with E-state index in [0.29, 0.717) is 6.04 Å². The Morgan fingerprint density at radius 1 is 1.33 bits per heavy atom. The first-order valence-corrected chi connectivity index (χ1v) is 7.01. The maximum absolute atomic E-state index is 4.21. The van der Waals surface area contributed by atoms with E-state index in [1.807, 2.05) is 29.1 Å². The highest BCUT2D eigenvalue weighted by Crippen LogP contribution is 2.19. The van der Waals surface area contributed by atoms with Gasteiger partial charge in [-0.15, -0.1) is 0 Å². The number of nitrogens with zero attached hydrogens (tertiary/aromatic N) is 4. The van der Waals surface area contributed by atoms with Gasteiger partial charge in [-0.2, -0.15) is 10.2 Å². The molecule has 0 fully saturated rings. The summed E-state index contributed by atoms with van der Waals surface area (Å²) in [5.41, 5.74) is 2.11. The summed E-state index contributed by atoms with van der Waals surface area (Å²) in [5, 5.41) is 14.5. The zero-order valence-electron chi connectivity index (χ0n) is 11.9. The van der Waals surface area contributed by atoms with E-state index >= 15 is 0 Å². The molecule has 0 amide bonds. The minimum absolute atomic E-state index is 0.360. The molecular weight excluding hydrogens is 264 g/mol. The predicted octanol–water partition coefficient (Wildman–Crippen LogP) is 2.56. The van der Waals surface area contributed by atoms with Crippen molar-refractivity contribution in [2.24, 2.45) is 0 Å². The number of H-pyrrole nitrogens is 1. The molecule has 3 aromatic rings. The summed E-state index contributed by atoms with van der Waals surface area (Å²) >= 11 is 0. The molecule has 3 rings (SSSR count). The van der Waals surface area contributed by atoms with Gasteiger partial charge in [0.2, 0.25) is 0 Å². The predicted molar refractivity (Wildman–Crippen MR) is 81.7 cm³/mol. The molecule has 0 radical (unpaired) electrons. The fourth-order valence-corrected chi connectivity index (χ4v) is 2.22. The van der Waals surface area contributed by atoms with Gasteiger partial charge in [-0.3, -0.25) is 9.78 Å². The molecular formula is C15H18N6. The van der Waals surface area contributed by atoms with Crippen LogP contribution in [-0.4, -0.2) is 31.0 Å². The van der Waals surface area contributed by atoms with Crippen LogP contribution in [0.25, 0.3) is 11.4 Å². The molecule has 0 unspecified atom stereocenters. The Labute approximate surface area is 123 Å². The lowest BCUT2D eigenvalue weighted by molar-refractivity contribution is 0.546. The van der Waals surface area contributed by atoms with E-state index in [4.69, 9.17) is 0 Å². The maximum Gasteiger partial charge on any atom is 0.155 e. The Bertz CT molecular complexity index is 659. The van der Waals surface area contributed by atoms with Crippen LogP contribution >= 0.6 is 0 Å². The van der Waals surface area contributed by atoms with Gasteiger partial charge in [-0.1, -0.05) is 12.1 Å². The highest BCUT2D eigenvalue weighted by molar-refractivity contribution is 5.62. The van der Waals surface area contributed by atoms with Crippen molar-refractivity contribution in [1.29, 1.82) is 0 Å². The van der Waals surface area contributed by atoms with Crippen molar-refractivity contribution in [3.8, 4) is 11.4 Å². The van der Waals surface area contributed by atoms with Crippen LogP contribution in [0.5, 0.6) is 0 Å². The molecule has 2 aromatic heterocycles. The van der Waals surface area contributed by atoms with Crippen molar-refractivity contribution in [1.82, 2.24) is 25.0 Å². The molecule has 1 aromatic carbocycles. The number of hydrogen-bond donors (Lipinski definition) is 2. The summed E-state index contributed by atoms with van der Waals surface area (Å²) in [4.78, 5) is 4.17. The average molecular weight is 282 g/mol. The molecule has 0 saturated heterocycles. The van der Waals surface area contributed by atoms with Crippen LogP contribution < -0.4 is 5.32 Å². The fraction of sp³-hybridized carbons (Fsp3) is 0.267. The van der Waals surface area contributed by atoms with Crippen LogP contribution in [0.3, 0.4) is 0 Å². The zero-order valence-corrected chi connectivity index (χ0v) is 11.9. The third-order valence-corrected chi connectivity index (χ3v) is 3.31. The Hall–Kier alpha value is -2.63. The van der Waals surface area contributed by atoms with E-state index in [9.17, 15) is 0 Å². The number of nitrogens with one attached hydrogen (secondary N) is 2. The van der Waals surface area contributed by atoms with E-state index in [1.54, 1.807) is 6.20 Å². The van der Waals surface area contributed by atoms with E-state index < -0.39 is 0 Å². The zero-order chi connectivity index (χ0) is 14.5. The van der Waals surface area contributed by atoms with Gasteiger partial charge in [0, 0.05) is 36.2 Å². The molecule has 0 aliphatic heterocycles. The van der Waals surface area contributed by atoms with Crippen LogP contribution in [0.15, 0.2) is 49.1 Å². The second kappa shape index (κ2) is 6.21. The highest BCUT2D eigenvalue weighted by atomic mass is 15.3. The van der Waals surface area contributed by atoms with Crippen molar-refractivity contribution < 1.29 is 0 Å². The Balaban J connectivity index is 1.60. The summed E-state index contributed by atoms with van der Waals surface area (Å²) in [6.07, 6.45) is 6.31. The highest BCUT2D eigenvalue weighted by Gasteiger charge is 2.05. The molecule has 2 heterocycles. The van der Waals surface area contributed by atoms with Crippen molar-refractivity contribution in [3.63, 3.8) is 0 Å². The summed E-state index contributed by atoms with van der Waals surface area (Å²) in [6, 6.07) is 10.5. The maximum atomic E-state index is 4.21. The van der Waals surface area contributed by atoms with Crippen LogP contribution in [0.1, 0.15) is 13.3 Å². The topological polar surface area (TPSA) is 71.4 Å². The Morgan fingerprint density at radius 2 is 2.29 bits per heavy atom. The molecule has 108 valence electrons. The lowest BCUT2D eigenvalue weighted by Crippen LogP contribution is -2.17. The average Bonchev–Trinajstić information content (AvgIpc) is 3.19. The second-order valence-electron chi connectivity index (χ2n) is 5.02. The molecule has 21 heavy (non-hydrogen) atoms. The van der Waals surface area contributed by atoms with Crippen LogP contribution in [0.4, 0.5) is 5.69 Å². The number of rotatable bonds is 6. The van der Waals surface area contributed by atoms with E-state index in [1.165, 1.54) is 6.33 Å². The SMILES string of the molecule is C[C@@H](CCn1cccn1)Nc1cccc(-c2ncn[nH]2)c1. The minimum Gasteiger partial charge on any atom is -0.383 e. The molecule has 0 aliphatic carbocycles. The van der Waals surface area contributed by atoms with Crippen molar-refractivity contribution in [3.05, 3.63) is 49.1 Å². The van der Waals surface area contributed by atoms with Crippen molar-refractivity contribution in [2.75, 3.05) is 5.32 Å².